The molecule has 4 aliphatic rings. The molecule has 0 bridgehead atoms. The molecule has 0 amide bonds. The fourth-order valence-electron chi connectivity index (χ4n) is 7.44. The van der Waals surface area contributed by atoms with Crippen molar-refractivity contribution in [1.82, 2.24) is 0 Å². The molecule has 6 atom stereocenters. The first-order valence-corrected chi connectivity index (χ1v) is 9.40. The Morgan fingerprint density at radius 2 is 1.75 bits per heavy atom. The van der Waals surface area contributed by atoms with Crippen LogP contribution in [0.15, 0.2) is 0 Å². The lowest BCUT2D eigenvalue weighted by atomic mass is 9.45. The summed E-state index contributed by atoms with van der Waals surface area (Å²) in [4.78, 5) is 0. The van der Waals surface area contributed by atoms with E-state index in [1.54, 1.807) is 0 Å². The quantitative estimate of drug-likeness (QED) is 0.734. The molecule has 4 aliphatic carbocycles. The zero-order valence-electron chi connectivity index (χ0n) is 13.4. The summed E-state index contributed by atoms with van der Waals surface area (Å²) in [7, 11) is 0. The van der Waals surface area contributed by atoms with E-state index in [0.717, 1.165) is 30.2 Å². The van der Waals surface area contributed by atoms with Crippen LogP contribution >= 0.6 is 0 Å². The minimum absolute atomic E-state index is 0.568. The lowest BCUT2D eigenvalue weighted by Gasteiger charge is -2.60. The van der Waals surface area contributed by atoms with Crippen LogP contribution in [0.2, 0.25) is 0 Å². The highest BCUT2D eigenvalue weighted by molar-refractivity contribution is 5.08. The van der Waals surface area contributed by atoms with E-state index in [2.05, 4.69) is 6.92 Å². The summed E-state index contributed by atoms with van der Waals surface area (Å²) in [5.41, 5.74) is 7.53. The lowest BCUT2D eigenvalue weighted by molar-refractivity contribution is -0.105. The molecule has 4 rings (SSSR count). The third-order valence-electron chi connectivity index (χ3n) is 8.52. The highest BCUT2D eigenvalue weighted by Gasteiger charge is 2.57. The van der Waals surface area contributed by atoms with Crippen LogP contribution in [0.5, 0.6) is 0 Å². The molecule has 0 radical (unpaired) electrons. The molecule has 2 N–H and O–H groups in total. The van der Waals surface area contributed by atoms with Crippen molar-refractivity contribution in [2.75, 3.05) is 6.54 Å². The second-order valence-corrected chi connectivity index (χ2v) is 8.90. The van der Waals surface area contributed by atoms with Gasteiger partial charge in [0.25, 0.3) is 0 Å². The maximum Gasteiger partial charge on any atom is -0.00178 e. The molecule has 0 heterocycles. The summed E-state index contributed by atoms with van der Waals surface area (Å²) < 4.78 is 0. The van der Waals surface area contributed by atoms with E-state index in [-0.39, 0.29) is 0 Å². The molecule has 114 valence electrons. The molecule has 1 unspecified atom stereocenters. The molecule has 0 saturated heterocycles. The minimum atomic E-state index is 0.568. The van der Waals surface area contributed by atoms with E-state index >= 15 is 0 Å². The Balaban J connectivity index is 1.64. The first kappa shape index (κ1) is 13.6. The first-order valence-electron chi connectivity index (χ1n) is 9.40. The molecule has 0 aromatic heterocycles. The highest BCUT2D eigenvalue weighted by Crippen LogP contribution is 2.65. The van der Waals surface area contributed by atoms with Gasteiger partial charge < -0.3 is 5.73 Å². The lowest BCUT2D eigenvalue weighted by Crippen LogP contribution is -2.53. The second kappa shape index (κ2) is 4.73. The van der Waals surface area contributed by atoms with Gasteiger partial charge >= 0.3 is 0 Å². The summed E-state index contributed by atoms with van der Waals surface area (Å²) in [6, 6.07) is 0. The van der Waals surface area contributed by atoms with Crippen LogP contribution in [0, 0.1) is 34.5 Å². The Morgan fingerprint density at radius 3 is 2.60 bits per heavy atom. The van der Waals surface area contributed by atoms with Gasteiger partial charge in [-0.3, -0.25) is 0 Å². The normalized spacial score (nSPS) is 54.9. The zero-order valence-corrected chi connectivity index (χ0v) is 13.4. The summed E-state index contributed by atoms with van der Waals surface area (Å²) in [6.45, 7) is 3.65. The molecule has 1 heteroatoms. The molecule has 4 saturated carbocycles. The van der Waals surface area contributed by atoms with Crippen molar-refractivity contribution in [3.8, 4) is 0 Å². The monoisotopic (exact) mass is 275 g/mol. The number of rotatable bonds is 1. The van der Waals surface area contributed by atoms with Gasteiger partial charge in [-0.25, -0.2) is 0 Å². The SMILES string of the molecule is C[C@]12CCCCC1CC[C@H]1[C@H]3CCC[C@@]3(CN)CC[C@@H]12. The fourth-order valence-corrected chi connectivity index (χ4v) is 7.44. The maximum absolute atomic E-state index is 6.27. The summed E-state index contributed by atoms with van der Waals surface area (Å²) >= 11 is 0. The van der Waals surface area contributed by atoms with Crippen LogP contribution in [0.4, 0.5) is 0 Å². The zero-order chi connectivity index (χ0) is 13.8. The van der Waals surface area contributed by atoms with Gasteiger partial charge in [-0.2, -0.15) is 0 Å². The molecule has 0 aliphatic heterocycles. The van der Waals surface area contributed by atoms with Crippen LogP contribution in [-0.4, -0.2) is 6.54 Å². The molecule has 0 aromatic rings. The van der Waals surface area contributed by atoms with Gasteiger partial charge in [0.05, 0.1) is 0 Å². The summed E-state index contributed by atoms with van der Waals surface area (Å²) in [5, 5.41) is 0. The number of hydrogen-bond acceptors (Lipinski definition) is 1. The summed E-state index contributed by atoms with van der Waals surface area (Å²) in [5.74, 6) is 4.13. The maximum atomic E-state index is 6.27. The first-order chi connectivity index (χ1) is 9.70. The van der Waals surface area contributed by atoms with Gasteiger partial charge in [0, 0.05) is 0 Å². The molecular formula is C19H33N. The summed E-state index contributed by atoms with van der Waals surface area (Å²) in [6.07, 6.45) is 16.5. The predicted molar refractivity (Wildman–Crippen MR) is 84.3 cm³/mol. The van der Waals surface area contributed by atoms with Gasteiger partial charge in [0.15, 0.2) is 0 Å². The number of hydrogen-bond donors (Lipinski definition) is 1. The average Bonchev–Trinajstić information content (AvgIpc) is 2.91. The van der Waals surface area contributed by atoms with Crippen molar-refractivity contribution >= 4 is 0 Å². The van der Waals surface area contributed by atoms with Gasteiger partial charge in [-0.15, -0.1) is 0 Å². The Bertz CT molecular complexity index is 378. The van der Waals surface area contributed by atoms with Crippen molar-refractivity contribution in [3.63, 3.8) is 0 Å². The standard InChI is InChI=1S/C19H33N/c1-18-10-3-2-5-14(18)7-8-15-16(18)9-12-19(13-20)11-4-6-17(15)19/h14-17H,2-13,20H2,1H3/t14?,15-,16+,17-,18+,19+/m1/s1. The van der Waals surface area contributed by atoms with Gasteiger partial charge in [-0.05, 0) is 92.4 Å². The topological polar surface area (TPSA) is 26.0 Å². The minimum Gasteiger partial charge on any atom is -0.330 e. The molecular weight excluding hydrogens is 242 g/mol. The van der Waals surface area contributed by atoms with Crippen molar-refractivity contribution in [2.45, 2.75) is 77.6 Å². The highest BCUT2D eigenvalue weighted by atomic mass is 14.7. The van der Waals surface area contributed by atoms with Crippen LogP contribution < -0.4 is 5.73 Å². The van der Waals surface area contributed by atoms with E-state index in [9.17, 15) is 0 Å². The van der Waals surface area contributed by atoms with Crippen molar-refractivity contribution in [3.05, 3.63) is 0 Å². The largest absolute Gasteiger partial charge is 0.330 e. The Labute approximate surface area is 125 Å². The molecule has 1 nitrogen and oxygen atoms in total. The molecule has 20 heavy (non-hydrogen) atoms. The third-order valence-corrected chi connectivity index (χ3v) is 8.52. The fraction of sp³-hybridized carbons (Fsp3) is 1.00. The average molecular weight is 275 g/mol. The van der Waals surface area contributed by atoms with E-state index in [1.165, 1.54) is 70.6 Å². The van der Waals surface area contributed by atoms with Crippen LogP contribution in [0.1, 0.15) is 77.6 Å². The van der Waals surface area contributed by atoms with E-state index in [1.807, 2.05) is 0 Å². The molecule has 4 fully saturated rings. The van der Waals surface area contributed by atoms with Gasteiger partial charge in [-0.1, -0.05) is 26.2 Å². The van der Waals surface area contributed by atoms with Crippen LogP contribution in [-0.2, 0) is 0 Å². The van der Waals surface area contributed by atoms with Crippen molar-refractivity contribution in [1.29, 1.82) is 0 Å². The van der Waals surface area contributed by atoms with Crippen molar-refractivity contribution in [2.24, 2.45) is 40.2 Å². The van der Waals surface area contributed by atoms with Gasteiger partial charge in [0.2, 0.25) is 0 Å². The Hall–Kier alpha value is -0.0400. The van der Waals surface area contributed by atoms with Crippen molar-refractivity contribution < 1.29 is 0 Å². The van der Waals surface area contributed by atoms with E-state index < -0.39 is 0 Å². The molecule has 0 spiro atoms. The van der Waals surface area contributed by atoms with E-state index in [4.69, 9.17) is 5.73 Å². The Morgan fingerprint density at radius 1 is 0.850 bits per heavy atom. The van der Waals surface area contributed by atoms with E-state index in [0.29, 0.717) is 10.8 Å². The third kappa shape index (κ3) is 1.71. The van der Waals surface area contributed by atoms with Crippen LogP contribution in [0.25, 0.3) is 0 Å². The smallest absolute Gasteiger partial charge is 0.00178 e. The number of nitrogens with two attached hydrogens (primary N) is 1. The Kier molecular flexibility index (Phi) is 3.22. The second-order valence-electron chi connectivity index (χ2n) is 8.90. The number of fused-ring (bicyclic) bond motifs is 5. The van der Waals surface area contributed by atoms with Crippen LogP contribution in [0.3, 0.4) is 0 Å². The molecule has 0 aromatic carbocycles. The van der Waals surface area contributed by atoms with Gasteiger partial charge in [0.1, 0.15) is 0 Å². The predicted octanol–water partition coefficient (Wildman–Crippen LogP) is 4.75.